The van der Waals surface area contributed by atoms with Gasteiger partial charge in [-0.3, -0.25) is 9.97 Å². The van der Waals surface area contributed by atoms with E-state index in [2.05, 4.69) is 104 Å². The van der Waals surface area contributed by atoms with Crippen molar-refractivity contribution in [3.63, 3.8) is 0 Å². The second kappa shape index (κ2) is 9.20. The average molecular weight is 435 g/mol. The van der Waals surface area contributed by atoms with Gasteiger partial charge in [0.2, 0.25) is 0 Å². The molecule has 6 nitrogen and oxygen atoms in total. The van der Waals surface area contributed by atoms with Crippen LogP contribution in [0.25, 0.3) is 33.6 Å². The van der Waals surface area contributed by atoms with Crippen LogP contribution < -0.4 is 0 Å². The van der Waals surface area contributed by atoms with Gasteiger partial charge in [0.05, 0.1) is 0 Å². The molecule has 0 spiro atoms. The molecule has 0 aliphatic carbocycles. The van der Waals surface area contributed by atoms with E-state index in [9.17, 15) is 0 Å². The molecule has 0 N–H and O–H groups in total. The van der Waals surface area contributed by atoms with Gasteiger partial charge < -0.3 is 9.13 Å². The largest absolute Gasteiger partial charge is 0.353 e. The molecule has 4 aromatic heterocycles. The van der Waals surface area contributed by atoms with Crippen LogP contribution in [0.15, 0.2) is 92.0 Å². The monoisotopic (exact) mass is 434 g/mol. The van der Waals surface area contributed by atoms with Crippen LogP contribution in [-0.2, 0) is 13.0 Å². The fourth-order valence-corrected chi connectivity index (χ4v) is 3.95. The zero-order valence-corrected chi connectivity index (χ0v) is 18.8. The first kappa shape index (κ1) is 20.8. The first-order chi connectivity index (χ1) is 16.2. The molecular formula is C27H26N6. The van der Waals surface area contributed by atoms with Crippen LogP contribution in [0.5, 0.6) is 0 Å². The lowest BCUT2D eigenvalue weighted by Gasteiger charge is -2.10. The molecule has 0 aliphatic heterocycles. The minimum absolute atomic E-state index is 0.313. The van der Waals surface area contributed by atoms with E-state index in [0.717, 1.165) is 41.0 Å². The fourth-order valence-electron chi connectivity index (χ4n) is 3.95. The predicted molar refractivity (Wildman–Crippen MR) is 130 cm³/mol. The lowest BCUT2D eigenvalue weighted by molar-refractivity contribution is 0.604. The smallest absolute Gasteiger partial charge is 0.163 e. The molecule has 164 valence electrons. The molecule has 0 saturated heterocycles. The second-order valence-electron chi connectivity index (χ2n) is 8.44. The number of aryl methyl sites for hydroxylation is 2. The van der Waals surface area contributed by atoms with Gasteiger partial charge in [0.1, 0.15) is 6.33 Å². The number of hydrogen-bond acceptors (Lipinski definition) is 4. The van der Waals surface area contributed by atoms with Gasteiger partial charge in [0.25, 0.3) is 0 Å². The van der Waals surface area contributed by atoms with Gasteiger partial charge in [0.15, 0.2) is 5.82 Å². The molecule has 1 aromatic carbocycles. The minimum atomic E-state index is 0.313. The Bertz CT molecular complexity index is 1330. The van der Waals surface area contributed by atoms with Gasteiger partial charge in [-0.25, -0.2) is 0 Å². The summed E-state index contributed by atoms with van der Waals surface area (Å²) in [6.07, 6.45) is 14.6. The maximum absolute atomic E-state index is 4.51. The summed E-state index contributed by atoms with van der Waals surface area (Å²) in [6.45, 7) is 5.19. The highest BCUT2D eigenvalue weighted by molar-refractivity contribution is 5.73. The zero-order chi connectivity index (χ0) is 22.6. The Kier molecular flexibility index (Phi) is 5.81. The summed E-state index contributed by atoms with van der Waals surface area (Å²) in [5.74, 6) is 0.886. The third kappa shape index (κ3) is 4.60. The summed E-state index contributed by atoms with van der Waals surface area (Å²) in [6, 6.07) is 17.2. The van der Waals surface area contributed by atoms with E-state index in [-0.39, 0.29) is 0 Å². The van der Waals surface area contributed by atoms with Gasteiger partial charge in [-0.2, -0.15) is 0 Å². The second-order valence-corrected chi connectivity index (χ2v) is 8.44. The molecule has 33 heavy (non-hydrogen) atoms. The Hall–Kier alpha value is -4.06. The minimum Gasteiger partial charge on any atom is -0.353 e. The lowest BCUT2D eigenvalue weighted by atomic mass is 10.0. The van der Waals surface area contributed by atoms with Gasteiger partial charge in [-0.15, -0.1) is 10.2 Å². The number of rotatable bonds is 7. The van der Waals surface area contributed by atoms with Gasteiger partial charge in [0, 0.05) is 72.0 Å². The van der Waals surface area contributed by atoms with Crippen LogP contribution in [0.1, 0.15) is 25.5 Å². The molecule has 4 heterocycles. The van der Waals surface area contributed by atoms with Gasteiger partial charge in [-0.1, -0.05) is 24.3 Å². The molecule has 0 saturated carbocycles. The normalized spacial score (nSPS) is 11.2. The van der Waals surface area contributed by atoms with Crippen molar-refractivity contribution >= 4 is 0 Å². The maximum atomic E-state index is 4.51. The Morgan fingerprint density at radius 3 is 2.27 bits per heavy atom. The molecular weight excluding hydrogens is 408 g/mol. The van der Waals surface area contributed by atoms with E-state index in [1.54, 1.807) is 6.33 Å². The van der Waals surface area contributed by atoms with Crippen LogP contribution in [0.4, 0.5) is 0 Å². The summed E-state index contributed by atoms with van der Waals surface area (Å²) in [7, 11) is 0. The first-order valence-electron chi connectivity index (χ1n) is 11.2. The van der Waals surface area contributed by atoms with Crippen LogP contribution in [-0.4, -0.2) is 29.3 Å². The molecule has 0 unspecified atom stereocenters. The van der Waals surface area contributed by atoms with E-state index in [0.29, 0.717) is 6.04 Å². The van der Waals surface area contributed by atoms with Crippen molar-refractivity contribution in [3.05, 3.63) is 97.6 Å². The molecule has 0 radical (unpaired) electrons. The Morgan fingerprint density at radius 1 is 0.788 bits per heavy atom. The Morgan fingerprint density at radius 2 is 1.52 bits per heavy atom. The quantitative estimate of drug-likeness (QED) is 0.330. The number of hydrogen-bond donors (Lipinski definition) is 0. The fraction of sp³-hybridized carbons (Fsp3) is 0.185. The Balaban J connectivity index is 1.33. The van der Waals surface area contributed by atoms with E-state index in [1.165, 1.54) is 11.1 Å². The third-order valence-electron chi connectivity index (χ3n) is 5.84. The highest BCUT2D eigenvalue weighted by Crippen LogP contribution is 2.28. The third-order valence-corrected chi connectivity index (χ3v) is 5.84. The van der Waals surface area contributed by atoms with Crippen molar-refractivity contribution in [3.8, 4) is 33.6 Å². The maximum Gasteiger partial charge on any atom is 0.163 e. The molecule has 5 rings (SSSR count). The number of nitrogens with zero attached hydrogens (tertiary/aromatic N) is 6. The zero-order valence-electron chi connectivity index (χ0n) is 18.8. The SMILES string of the molecule is CC(C)n1cnnc1-c1ccc(-c2cncc(-c3ccn(CCc4ccncc4)c3)c2)cc1. The van der Waals surface area contributed by atoms with Crippen LogP contribution in [0, 0.1) is 0 Å². The van der Waals surface area contributed by atoms with E-state index in [4.69, 9.17) is 0 Å². The first-order valence-corrected chi connectivity index (χ1v) is 11.2. The van der Waals surface area contributed by atoms with E-state index >= 15 is 0 Å². The molecule has 0 amide bonds. The summed E-state index contributed by atoms with van der Waals surface area (Å²) in [5.41, 5.74) is 6.84. The average Bonchev–Trinajstić information content (AvgIpc) is 3.54. The Labute approximate surface area is 193 Å². The summed E-state index contributed by atoms with van der Waals surface area (Å²) >= 11 is 0. The van der Waals surface area contributed by atoms with Gasteiger partial charge in [-0.05, 0) is 55.7 Å². The number of pyridine rings is 2. The van der Waals surface area contributed by atoms with Crippen LogP contribution >= 0.6 is 0 Å². The summed E-state index contributed by atoms with van der Waals surface area (Å²) < 4.78 is 4.30. The van der Waals surface area contributed by atoms with Gasteiger partial charge >= 0.3 is 0 Å². The van der Waals surface area contributed by atoms with Crippen molar-refractivity contribution in [1.82, 2.24) is 29.3 Å². The standard InChI is InChI=1S/C27H26N6/c1-20(2)33-19-30-31-27(33)23-5-3-22(4-6-23)25-15-26(17-29-16-25)24-10-14-32(18-24)13-9-21-7-11-28-12-8-21/h3-8,10-12,14-20H,9,13H2,1-2H3. The topological polar surface area (TPSA) is 61.4 Å². The number of benzene rings is 1. The van der Waals surface area contributed by atoms with Crippen molar-refractivity contribution in [2.24, 2.45) is 0 Å². The summed E-state index contributed by atoms with van der Waals surface area (Å²) in [4.78, 5) is 8.59. The van der Waals surface area contributed by atoms with Crippen LogP contribution in [0.3, 0.4) is 0 Å². The molecule has 5 aromatic rings. The van der Waals surface area contributed by atoms with Crippen molar-refractivity contribution in [1.29, 1.82) is 0 Å². The van der Waals surface area contributed by atoms with E-state index < -0.39 is 0 Å². The molecule has 0 fully saturated rings. The molecule has 0 atom stereocenters. The molecule has 6 heteroatoms. The van der Waals surface area contributed by atoms with Crippen molar-refractivity contribution in [2.75, 3.05) is 0 Å². The lowest BCUT2D eigenvalue weighted by Crippen LogP contribution is -2.01. The predicted octanol–water partition coefficient (Wildman–Crippen LogP) is 5.69. The van der Waals surface area contributed by atoms with E-state index in [1.807, 2.05) is 24.8 Å². The number of aromatic nitrogens is 6. The molecule has 0 bridgehead atoms. The van der Waals surface area contributed by atoms with Crippen molar-refractivity contribution in [2.45, 2.75) is 32.9 Å². The highest BCUT2D eigenvalue weighted by atomic mass is 15.3. The summed E-state index contributed by atoms with van der Waals surface area (Å²) in [5, 5.41) is 8.37. The molecule has 0 aliphatic rings. The van der Waals surface area contributed by atoms with Crippen LogP contribution in [0.2, 0.25) is 0 Å². The van der Waals surface area contributed by atoms with Crippen molar-refractivity contribution < 1.29 is 0 Å². The highest BCUT2D eigenvalue weighted by Gasteiger charge is 2.10.